The average Bonchev–Trinajstić information content (AvgIpc) is 1.84. The minimum absolute atomic E-state index is 0.376. The summed E-state index contributed by atoms with van der Waals surface area (Å²) in [5, 5.41) is 8.32. The van der Waals surface area contributed by atoms with Crippen LogP contribution < -0.4 is 5.73 Å². The Bertz CT molecular complexity index is 115. The van der Waals surface area contributed by atoms with Gasteiger partial charge in [-0.2, -0.15) is 5.26 Å². The number of hydrogen-bond acceptors (Lipinski definition) is 2. The Morgan fingerprint density at radius 3 is 2.67 bits per heavy atom. The number of nitriles is 1. The second kappa shape index (κ2) is 3.41. The second-order valence-corrected chi connectivity index (χ2v) is 2.32. The van der Waals surface area contributed by atoms with Crippen molar-refractivity contribution in [3.05, 3.63) is 0 Å². The Hall–Kier alpha value is -0.620. The molecule has 0 aromatic rings. The molecular formula is C6H11FN2. The minimum Gasteiger partial charge on any atom is -0.314 e. The number of rotatable bonds is 3. The van der Waals surface area contributed by atoms with Crippen LogP contribution in [0.15, 0.2) is 0 Å². The zero-order chi connectivity index (χ0) is 7.33. The average molecular weight is 130 g/mol. The van der Waals surface area contributed by atoms with Gasteiger partial charge in [0.05, 0.1) is 12.7 Å². The second-order valence-electron chi connectivity index (χ2n) is 2.32. The molecule has 9 heavy (non-hydrogen) atoms. The maximum atomic E-state index is 11.5. The molecule has 3 heteroatoms. The number of nitrogens with zero attached hydrogens (tertiary/aromatic N) is 1. The quantitative estimate of drug-likeness (QED) is 0.619. The maximum absolute atomic E-state index is 11.5. The predicted octanol–water partition coefficient (Wildman–Crippen LogP) is 0.977. The van der Waals surface area contributed by atoms with Gasteiger partial charge in [-0.1, -0.05) is 0 Å². The van der Waals surface area contributed by atoms with E-state index < -0.39 is 12.2 Å². The predicted molar refractivity (Wildman–Crippen MR) is 33.4 cm³/mol. The number of alkyl halides is 1. The fraction of sp³-hybridized carbons (Fsp3) is 0.833. The molecule has 0 amide bonds. The first-order valence-corrected chi connectivity index (χ1v) is 2.88. The maximum Gasteiger partial charge on any atom is 0.101 e. The first kappa shape index (κ1) is 8.38. The lowest BCUT2D eigenvalue weighted by Gasteiger charge is -2.12. The van der Waals surface area contributed by atoms with Gasteiger partial charge in [0, 0.05) is 0 Å². The SMILES string of the molecule is CC(N)(C#N)CCCF. The Labute approximate surface area is 54.5 Å². The van der Waals surface area contributed by atoms with Crippen LogP contribution in [0.1, 0.15) is 19.8 Å². The van der Waals surface area contributed by atoms with E-state index in [0.717, 1.165) is 0 Å². The fourth-order valence-corrected chi connectivity index (χ4v) is 0.490. The van der Waals surface area contributed by atoms with Crippen molar-refractivity contribution >= 4 is 0 Å². The van der Waals surface area contributed by atoms with Gasteiger partial charge in [-0.05, 0) is 19.8 Å². The summed E-state index contributed by atoms with van der Waals surface area (Å²) in [7, 11) is 0. The first-order chi connectivity index (χ1) is 4.12. The van der Waals surface area contributed by atoms with Crippen molar-refractivity contribution in [2.75, 3.05) is 6.67 Å². The molecule has 0 bridgehead atoms. The summed E-state index contributed by atoms with van der Waals surface area (Å²) in [6.45, 7) is 1.21. The summed E-state index contributed by atoms with van der Waals surface area (Å²) in [4.78, 5) is 0. The topological polar surface area (TPSA) is 49.8 Å². The van der Waals surface area contributed by atoms with Gasteiger partial charge in [-0.15, -0.1) is 0 Å². The molecule has 0 spiro atoms. The molecule has 0 heterocycles. The summed E-state index contributed by atoms with van der Waals surface area (Å²) < 4.78 is 11.5. The summed E-state index contributed by atoms with van der Waals surface area (Å²) in [5.74, 6) is 0. The lowest BCUT2D eigenvalue weighted by Crippen LogP contribution is -2.33. The Morgan fingerprint density at radius 1 is 1.78 bits per heavy atom. The molecule has 0 aliphatic rings. The molecule has 52 valence electrons. The highest BCUT2D eigenvalue weighted by Gasteiger charge is 2.15. The molecule has 0 aliphatic carbocycles. The Morgan fingerprint density at radius 2 is 2.33 bits per heavy atom. The molecule has 2 N–H and O–H groups in total. The van der Waals surface area contributed by atoms with E-state index in [1.54, 1.807) is 6.92 Å². The third-order valence-electron chi connectivity index (χ3n) is 1.09. The molecule has 0 saturated carbocycles. The van der Waals surface area contributed by atoms with Gasteiger partial charge >= 0.3 is 0 Å². The molecule has 0 aromatic heterocycles. The zero-order valence-corrected chi connectivity index (χ0v) is 5.52. The van der Waals surface area contributed by atoms with Crippen LogP contribution in [0.2, 0.25) is 0 Å². The molecule has 0 radical (unpaired) electrons. The van der Waals surface area contributed by atoms with Gasteiger partial charge in [0.15, 0.2) is 0 Å². The standard InChI is InChI=1S/C6H11FN2/c1-6(9,5-8)3-2-4-7/h2-4,9H2,1H3. The van der Waals surface area contributed by atoms with Gasteiger partial charge in [0.1, 0.15) is 5.54 Å². The molecule has 1 unspecified atom stereocenters. The van der Waals surface area contributed by atoms with Crippen LogP contribution in [0.5, 0.6) is 0 Å². The Kier molecular flexibility index (Phi) is 3.18. The largest absolute Gasteiger partial charge is 0.314 e. The highest BCUT2D eigenvalue weighted by molar-refractivity contribution is 5.00. The zero-order valence-electron chi connectivity index (χ0n) is 5.52. The van der Waals surface area contributed by atoms with Crippen LogP contribution in [-0.2, 0) is 0 Å². The van der Waals surface area contributed by atoms with E-state index in [0.29, 0.717) is 12.8 Å². The van der Waals surface area contributed by atoms with Gasteiger partial charge < -0.3 is 5.73 Å². The molecule has 1 atom stereocenters. The lowest BCUT2D eigenvalue weighted by atomic mass is 10.0. The van der Waals surface area contributed by atoms with Crippen LogP contribution in [0.3, 0.4) is 0 Å². The van der Waals surface area contributed by atoms with Crippen LogP contribution >= 0.6 is 0 Å². The van der Waals surface area contributed by atoms with Crippen molar-refractivity contribution in [3.8, 4) is 6.07 Å². The van der Waals surface area contributed by atoms with E-state index in [1.807, 2.05) is 6.07 Å². The summed E-state index contributed by atoms with van der Waals surface area (Å²) in [6, 6.07) is 1.89. The van der Waals surface area contributed by atoms with Crippen molar-refractivity contribution < 1.29 is 4.39 Å². The molecule has 0 aromatic carbocycles. The smallest absolute Gasteiger partial charge is 0.101 e. The lowest BCUT2D eigenvalue weighted by molar-refractivity contribution is 0.421. The molecule has 0 fully saturated rings. The van der Waals surface area contributed by atoms with Crippen molar-refractivity contribution in [2.45, 2.75) is 25.3 Å². The van der Waals surface area contributed by atoms with Crippen molar-refractivity contribution in [3.63, 3.8) is 0 Å². The van der Waals surface area contributed by atoms with Crippen LogP contribution in [0.4, 0.5) is 4.39 Å². The highest BCUT2D eigenvalue weighted by atomic mass is 19.1. The van der Waals surface area contributed by atoms with Crippen molar-refractivity contribution in [2.24, 2.45) is 5.73 Å². The van der Waals surface area contributed by atoms with Crippen LogP contribution in [0.25, 0.3) is 0 Å². The van der Waals surface area contributed by atoms with Crippen LogP contribution in [-0.4, -0.2) is 12.2 Å². The molecule has 0 saturated heterocycles. The summed E-state index contributed by atoms with van der Waals surface area (Å²) in [6.07, 6.45) is 0.806. The summed E-state index contributed by atoms with van der Waals surface area (Å²) in [5.41, 5.74) is 4.53. The highest BCUT2D eigenvalue weighted by Crippen LogP contribution is 2.06. The van der Waals surface area contributed by atoms with Gasteiger partial charge in [-0.25, -0.2) is 0 Å². The van der Waals surface area contributed by atoms with Gasteiger partial charge in [0.2, 0.25) is 0 Å². The molecule has 0 rings (SSSR count). The fourth-order valence-electron chi connectivity index (χ4n) is 0.490. The third kappa shape index (κ3) is 3.92. The van der Waals surface area contributed by atoms with E-state index >= 15 is 0 Å². The normalized spacial score (nSPS) is 16.2. The number of nitrogens with two attached hydrogens (primary N) is 1. The minimum atomic E-state index is -0.841. The first-order valence-electron chi connectivity index (χ1n) is 2.88. The van der Waals surface area contributed by atoms with Crippen molar-refractivity contribution in [1.29, 1.82) is 5.26 Å². The van der Waals surface area contributed by atoms with E-state index in [9.17, 15) is 4.39 Å². The van der Waals surface area contributed by atoms with Crippen molar-refractivity contribution in [1.82, 2.24) is 0 Å². The monoisotopic (exact) mass is 130 g/mol. The molecule has 0 aliphatic heterocycles. The number of halogens is 1. The Balaban J connectivity index is 3.49. The van der Waals surface area contributed by atoms with E-state index in [4.69, 9.17) is 11.0 Å². The van der Waals surface area contributed by atoms with Crippen LogP contribution in [0, 0.1) is 11.3 Å². The van der Waals surface area contributed by atoms with E-state index in [-0.39, 0.29) is 0 Å². The molecular weight excluding hydrogens is 119 g/mol. The van der Waals surface area contributed by atoms with E-state index in [2.05, 4.69) is 0 Å². The molecule has 2 nitrogen and oxygen atoms in total. The van der Waals surface area contributed by atoms with Gasteiger partial charge in [-0.3, -0.25) is 4.39 Å². The number of hydrogen-bond donors (Lipinski definition) is 1. The van der Waals surface area contributed by atoms with Gasteiger partial charge in [0.25, 0.3) is 0 Å². The van der Waals surface area contributed by atoms with E-state index in [1.165, 1.54) is 0 Å². The summed E-state index contributed by atoms with van der Waals surface area (Å²) >= 11 is 0. The third-order valence-corrected chi connectivity index (χ3v) is 1.09.